The topological polar surface area (TPSA) is 87.9 Å². The van der Waals surface area contributed by atoms with Gasteiger partial charge in [0.2, 0.25) is 0 Å². The van der Waals surface area contributed by atoms with Gasteiger partial charge in [-0.1, -0.05) is 12.1 Å². The summed E-state index contributed by atoms with van der Waals surface area (Å²) >= 11 is 0. The van der Waals surface area contributed by atoms with Crippen LogP contribution in [0.2, 0.25) is 0 Å². The highest BCUT2D eigenvalue weighted by molar-refractivity contribution is 5.86. The van der Waals surface area contributed by atoms with Gasteiger partial charge in [-0.15, -0.1) is 13.2 Å². The minimum absolute atomic E-state index is 0.0627. The molecule has 8 nitrogen and oxygen atoms in total. The van der Waals surface area contributed by atoms with Crippen LogP contribution in [-0.4, -0.2) is 69.2 Å². The van der Waals surface area contributed by atoms with E-state index >= 15 is 0 Å². The van der Waals surface area contributed by atoms with Crippen molar-refractivity contribution in [3.63, 3.8) is 0 Å². The van der Waals surface area contributed by atoms with Crippen LogP contribution in [0.4, 0.5) is 18.0 Å². The van der Waals surface area contributed by atoms with Crippen LogP contribution in [0.25, 0.3) is 0 Å². The van der Waals surface area contributed by atoms with Gasteiger partial charge in [0.1, 0.15) is 5.75 Å². The summed E-state index contributed by atoms with van der Waals surface area (Å²) in [6.07, 6.45) is -0.797. The summed E-state index contributed by atoms with van der Waals surface area (Å²) in [5, 5.41) is 12.8. The number of hydrogen-bond donors (Lipinski definition) is 1. The van der Waals surface area contributed by atoms with Crippen molar-refractivity contribution in [3.05, 3.63) is 47.8 Å². The zero-order chi connectivity index (χ0) is 22.9. The quantitative estimate of drug-likeness (QED) is 0.765. The molecule has 0 atom stereocenters. The van der Waals surface area contributed by atoms with Gasteiger partial charge >= 0.3 is 18.4 Å². The standard InChI is InChI=1S/C21H23F3N4O4/c22-21(23,24)32-16-3-1-2-15(12-16)13-26-9-5-20(14-26)6-10-27(11-7-20)19(31)28-8-4-17(25-28)18(29)30/h1-4,8,12H,5-7,9-11,13-14H2,(H,29,30). The molecule has 2 fully saturated rings. The Bertz CT molecular complexity index is 999. The second kappa shape index (κ2) is 8.45. The summed E-state index contributed by atoms with van der Waals surface area (Å²) in [5.41, 5.74) is 0.639. The molecule has 2 saturated heterocycles. The molecule has 2 aromatic rings. The van der Waals surface area contributed by atoms with E-state index in [2.05, 4.69) is 14.7 Å². The number of piperidine rings is 1. The van der Waals surface area contributed by atoms with Crippen molar-refractivity contribution in [3.8, 4) is 5.75 Å². The fourth-order valence-corrected chi connectivity index (χ4v) is 4.53. The van der Waals surface area contributed by atoms with Gasteiger partial charge in [0, 0.05) is 32.4 Å². The Morgan fingerprint density at radius 2 is 1.84 bits per heavy atom. The summed E-state index contributed by atoms with van der Waals surface area (Å²) in [5.74, 6) is -1.41. The molecular formula is C21H23F3N4O4. The van der Waals surface area contributed by atoms with E-state index in [-0.39, 0.29) is 22.9 Å². The molecule has 1 aromatic carbocycles. The highest BCUT2D eigenvalue weighted by atomic mass is 19.4. The van der Waals surface area contributed by atoms with Gasteiger partial charge in [-0.3, -0.25) is 4.90 Å². The SMILES string of the molecule is O=C(O)c1ccn(C(=O)N2CCC3(CCN(Cc4cccc(OC(F)(F)F)c4)C3)CC2)n1. The average Bonchev–Trinajstić information content (AvgIpc) is 3.35. The van der Waals surface area contributed by atoms with Crippen molar-refractivity contribution in [2.75, 3.05) is 26.2 Å². The lowest BCUT2D eigenvalue weighted by Gasteiger charge is -2.39. The van der Waals surface area contributed by atoms with E-state index in [0.717, 1.165) is 42.6 Å². The van der Waals surface area contributed by atoms with Crippen LogP contribution in [0, 0.1) is 5.41 Å². The first kappa shape index (κ1) is 22.1. The van der Waals surface area contributed by atoms with Crippen LogP contribution in [0.15, 0.2) is 36.5 Å². The monoisotopic (exact) mass is 452 g/mol. The molecule has 1 N–H and O–H groups in total. The number of carboxylic acid groups (broad SMARTS) is 1. The second-order valence-corrected chi connectivity index (χ2v) is 8.38. The summed E-state index contributed by atoms with van der Waals surface area (Å²) in [6.45, 7) is 3.27. The molecule has 3 heterocycles. The first-order valence-electron chi connectivity index (χ1n) is 10.3. The average molecular weight is 452 g/mol. The Labute approximate surface area is 182 Å². The van der Waals surface area contributed by atoms with Crippen molar-refractivity contribution in [2.24, 2.45) is 5.41 Å². The van der Waals surface area contributed by atoms with E-state index in [1.54, 1.807) is 17.0 Å². The Morgan fingerprint density at radius 1 is 1.12 bits per heavy atom. The molecule has 11 heteroatoms. The molecule has 1 amide bonds. The van der Waals surface area contributed by atoms with Crippen molar-refractivity contribution in [1.82, 2.24) is 19.6 Å². The molecule has 0 aliphatic carbocycles. The third kappa shape index (κ3) is 5.04. The van der Waals surface area contributed by atoms with E-state index < -0.39 is 12.3 Å². The molecule has 2 aliphatic heterocycles. The maximum absolute atomic E-state index is 12.6. The number of hydrogen-bond acceptors (Lipinski definition) is 5. The van der Waals surface area contributed by atoms with Crippen molar-refractivity contribution < 1.29 is 32.6 Å². The Kier molecular flexibility index (Phi) is 5.85. The summed E-state index contributed by atoms with van der Waals surface area (Å²) < 4.78 is 42.4. The largest absolute Gasteiger partial charge is 0.573 e. The van der Waals surface area contributed by atoms with E-state index in [1.165, 1.54) is 24.4 Å². The molecule has 0 unspecified atom stereocenters. The molecule has 1 aromatic heterocycles. The molecule has 0 saturated carbocycles. The maximum atomic E-state index is 12.6. The lowest BCUT2D eigenvalue weighted by atomic mass is 9.78. The summed E-state index contributed by atoms with van der Waals surface area (Å²) in [7, 11) is 0. The number of ether oxygens (including phenoxy) is 1. The number of alkyl halides is 3. The van der Waals surface area contributed by atoms with Crippen LogP contribution in [0.1, 0.15) is 35.3 Å². The van der Waals surface area contributed by atoms with Gasteiger partial charge in [-0.2, -0.15) is 9.78 Å². The van der Waals surface area contributed by atoms with Gasteiger partial charge in [-0.25, -0.2) is 9.59 Å². The Morgan fingerprint density at radius 3 is 2.50 bits per heavy atom. The number of nitrogens with zero attached hydrogens (tertiary/aromatic N) is 4. The third-order valence-corrected chi connectivity index (χ3v) is 6.15. The van der Waals surface area contributed by atoms with Crippen LogP contribution in [0.3, 0.4) is 0 Å². The number of carbonyl (C=O) groups excluding carboxylic acids is 1. The highest BCUT2D eigenvalue weighted by Gasteiger charge is 2.41. The summed E-state index contributed by atoms with van der Waals surface area (Å²) in [6, 6.07) is 6.98. The molecule has 172 valence electrons. The smallest absolute Gasteiger partial charge is 0.476 e. The van der Waals surface area contributed by atoms with Crippen LogP contribution in [0.5, 0.6) is 5.75 Å². The number of carboxylic acids is 1. The van der Waals surface area contributed by atoms with Crippen molar-refractivity contribution >= 4 is 12.0 Å². The number of aromatic carboxylic acids is 1. The molecule has 4 rings (SSSR count). The fourth-order valence-electron chi connectivity index (χ4n) is 4.53. The third-order valence-electron chi connectivity index (χ3n) is 6.15. The highest BCUT2D eigenvalue weighted by Crippen LogP contribution is 2.41. The van der Waals surface area contributed by atoms with E-state index in [0.29, 0.717) is 19.6 Å². The van der Waals surface area contributed by atoms with E-state index in [9.17, 15) is 22.8 Å². The number of halogens is 3. The first-order valence-corrected chi connectivity index (χ1v) is 10.3. The zero-order valence-electron chi connectivity index (χ0n) is 17.2. The molecule has 32 heavy (non-hydrogen) atoms. The predicted molar refractivity (Wildman–Crippen MR) is 106 cm³/mol. The Hall–Kier alpha value is -3.08. The molecule has 1 spiro atoms. The number of benzene rings is 1. The lowest BCUT2D eigenvalue weighted by Crippen LogP contribution is -2.45. The van der Waals surface area contributed by atoms with Gasteiger partial charge in [0.25, 0.3) is 0 Å². The molecule has 0 bridgehead atoms. The number of amides is 1. The van der Waals surface area contributed by atoms with Gasteiger partial charge < -0.3 is 14.7 Å². The van der Waals surface area contributed by atoms with Crippen LogP contribution < -0.4 is 4.74 Å². The predicted octanol–water partition coefficient (Wildman–Crippen LogP) is 3.44. The molecular weight excluding hydrogens is 429 g/mol. The van der Waals surface area contributed by atoms with Gasteiger partial charge in [-0.05, 0) is 55.0 Å². The van der Waals surface area contributed by atoms with Crippen molar-refractivity contribution in [1.29, 1.82) is 0 Å². The zero-order valence-corrected chi connectivity index (χ0v) is 17.2. The minimum atomic E-state index is -4.72. The maximum Gasteiger partial charge on any atom is 0.573 e. The van der Waals surface area contributed by atoms with E-state index in [1.807, 2.05) is 0 Å². The van der Waals surface area contributed by atoms with Crippen molar-refractivity contribution in [2.45, 2.75) is 32.2 Å². The second-order valence-electron chi connectivity index (χ2n) is 8.38. The molecule has 0 radical (unpaired) electrons. The number of likely N-dealkylation sites (tertiary alicyclic amines) is 2. The number of carbonyl (C=O) groups is 2. The van der Waals surface area contributed by atoms with Gasteiger partial charge in [0.05, 0.1) is 0 Å². The molecule has 2 aliphatic rings. The number of rotatable bonds is 4. The van der Waals surface area contributed by atoms with Crippen LogP contribution in [-0.2, 0) is 6.54 Å². The van der Waals surface area contributed by atoms with Crippen LogP contribution >= 0.6 is 0 Å². The minimum Gasteiger partial charge on any atom is -0.476 e. The fraction of sp³-hybridized carbons (Fsp3) is 0.476. The normalized spacial score (nSPS) is 18.8. The lowest BCUT2D eigenvalue weighted by molar-refractivity contribution is -0.274. The Balaban J connectivity index is 1.31. The van der Waals surface area contributed by atoms with E-state index in [4.69, 9.17) is 5.11 Å². The summed E-state index contributed by atoms with van der Waals surface area (Å²) in [4.78, 5) is 27.5. The first-order chi connectivity index (χ1) is 15.1. The van der Waals surface area contributed by atoms with Gasteiger partial charge in [0.15, 0.2) is 5.69 Å². The number of aromatic nitrogens is 2.